The van der Waals surface area contributed by atoms with Gasteiger partial charge in [-0.15, -0.1) is 0 Å². The molecule has 0 saturated heterocycles. The molecule has 0 bridgehead atoms. The molecule has 2 aromatic carbocycles. The van der Waals surface area contributed by atoms with Gasteiger partial charge in [-0.05, 0) is 49.0 Å². The SMILES string of the molecule is CN(C)CCOc1ccc(/C(=C/C(=O)[O-])c2ccccc2)cc1.[Cs+]. The fourth-order valence-electron chi connectivity index (χ4n) is 2.15. The Morgan fingerprint density at radius 2 is 1.62 bits per heavy atom. The van der Waals surface area contributed by atoms with E-state index in [1.807, 2.05) is 73.6 Å². The summed E-state index contributed by atoms with van der Waals surface area (Å²) in [5.74, 6) is -0.452. The molecule has 0 aliphatic rings. The number of hydrogen-bond acceptors (Lipinski definition) is 4. The van der Waals surface area contributed by atoms with Crippen LogP contribution in [0, 0.1) is 0 Å². The van der Waals surface area contributed by atoms with Gasteiger partial charge < -0.3 is 19.5 Å². The average molecular weight is 443 g/mol. The van der Waals surface area contributed by atoms with Crippen molar-refractivity contribution in [1.82, 2.24) is 4.90 Å². The van der Waals surface area contributed by atoms with E-state index in [1.54, 1.807) is 0 Å². The summed E-state index contributed by atoms with van der Waals surface area (Å²) in [7, 11) is 3.98. The molecular weight excluding hydrogens is 423 g/mol. The molecule has 0 amide bonds. The van der Waals surface area contributed by atoms with E-state index in [9.17, 15) is 9.90 Å². The normalized spacial score (nSPS) is 11.0. The molecule has 0 heterocycles. The zero-order chi connectivity index (χ0) is 16.7. The maximum Gasteiger partial charge on any atom is 1.00 e. The van der Waals surface area contributed by atoms with Crippen LogP contribution in [0.15, 0.2) is 60.7 Å². The molecule has 4 nitrogen and oxygen atoms in total. The van der Waals surface area contributed by atoms with Crippen LogP contribution in [0.1, 0.15) is 11.1 Å². The number of carboxylic acids is 1. The molecule has 5 heteroatoms. The van der Waals surface area contributed by atoms with Crippen molar-refractivity contribution in [2.45, 2.75) is 0 Å². The molecule has 120 valence electrons. The van der Waals surface area contributed by atoms with Gasteiger partial charge in [0.2, 0.25) is 0 Å². The number of benzene rings is 2. The van der Waals surface area contributed by atoms with Gasteiger partial charge in [-0.2, -0.15) is 0 Å². The minimum Gasteiger partial charge on any atom is -0.545 e. The van der Waals surface area contributed by atoms with Crippen molar-refractivity contribution in [3.05, 3.63) is 71.8 Å². The van der Waals surface area contributed by atoms with Gasteiger partial charge in [-0.1, -0.05) is 42.5 Å². The molecule has 0 unspecified atom stereocenters. The molecule has 0 spiro atoms. The minimum atomic E-state index is -1.21. The van der Waals surface area contributed by atoms with Gasteiger partial charge in [-0.25, -0.2) is 0 Å². The van der Waals surface area contributed by atoms with E-state index in [1.165, 1.54) is 0 Å². The summed E-state index contributed by atoms with van der Waals surface area (Å²) in [6, 6.07) is 16.8. The van der Waals surface area contributed by atoms with Crippen molar-refractivity contribution < 1.29 is 83.5 Å². The first kappa shape index (κ1) is 21.5. The molecule has 24 heavy (non-hydrogen) atoms. The maximum absolute atomic E-state index is 11.0. The van der Waals surface area contributed by atoms with E-state index < -0.39 is 5.97 Å². The summed E-state index contributed by atoms with van der Waals surface area (Å²) >= 11 is 0. The quantitative estimate of drug-likeness (QED) is 0.506. The zero-order valence-corrected chi connectivity index (χ0v) is 20.6. The van der Waals surface area contributed by atoms with Crippen LogP contribution in [0.3, 0.4) is 0 Å². The fraction of sp³-hybridized carbons (Fsp3) is 0.211. The average Bonchev–Trinajstić information content (AvgIpc) is 2.54. The Labute approximate surface area is 201 Å². The number of aliphatic carboxylic acids is 1. The van der Waals surface area contributed by atoms with Crippen LogP contribution in [-0.2, 0) is 4.79 Å². The van der Waals surface area contributed by atoms with Crippen LogP contribution in [-0.4, -0.2) is 38.1 Å². The number of hydrogen-bond donors (Lipinski definition) is 0. The largest absolute Gasteiger partial charge is 1.00 e. The topological polar surface area (TPSA) is 52.6 Å². The van der Waals surface area contributed by atoms with E-state index in [0.717, 1.165) is 29.5 Å². The van der Waals surface area contributed by atoms with Crippen molar-refractivity contribution in [2.75, 3.05) is 27.2 Å². The second kappa shape index (κ2) is 11.1. The second-order valence-electron chi connectivity index (χ2n) is 5.42. The Bertz CT molecular complexity index is 667. The van der Waals surface area contributed by atoms with Crippen LogP contribution in [0.2, 0.25) is 0 Å². The first-order valence-electron chi connectivity index (χ1n) is 7.42. The van der Waals surface area contributed by atoms with Gasteiger partial charge in [0.1, 0.15) is 12.4 Å². The smallest absolute Gasteiger partial charge is 0.545 e. The molecule has 2 aromatic rings. The zero-order valence-electron chi connectivity index (χ0n) is 14.4. The number of rotatable bonds is 7. The van der Waals surface area contributed by atoms with Gasteiger partial charge in [0.15, 0.2) is 0 Å². The monoisotopic (exact) mass is 443 g/mol. The van der Waals surface area contributed by atoms with E-state index >= 15 is 0 Å². The maximum atomic E-state index is 11.0. The van der Waals surface area contributed by atoms with Crippen LogP contribution in [0.5, 0.6) is 5.75 Å². The predicted octanol–water partition coefficient (Wildman–Crippen LogP) is -1.19. The number of ether oxygens (including phenoxy) is 1. The first-order valence-corrected chi connectivity index (χ1v) is 7.42. The summed E-state index contributed by atoms with van der Waals surface area (Å²) in [5, 5.41) is 11.0. The third-order valence-electron chi connectivity index (χ3n) is 3.32. The number of carbonyl (C=O) groups excluding carboxylic acids is 1. The minimum absolute atomic E-state index is 0. The summed E-state index contributed by atoms with van der Waals surface area (Å²) in [6.07, 6.45) is 1.12. The van der Waals surface area contributed by atoms with Gasteiger partial charge in [0.25, 0.3) is 0 Å². The Balaban J connectivity index is 0.00000288. The van der Waals surface area contributed by atoms with Gasteiger partial charge in [0, 0.05) is 6.54 Å². The summed E-state index contributed by atoms with van der Waals surface area (Å²) < 4.78 is 5.65. The van der Waals surface area contributed by atoms with Crippen LogP contribution in [0.4, 0.5) is 0 Å². The second-order valence-corrected chi connectivity index (χ2v) is 5.42. The molecule has 2 rings (SSSR count). The summed E-state index contributed by atoms with van der Waals surface area (Å²) in [4.78, 5) is 13.1. The number of likely N-dealkylation sites (N-methyl/N-ethyl adjacent to an activating group) is 1. The third-order valence-corrected chi connectivity index (χ3v) is 3.32. The van der Waals surface area contributed by atoms with Crippen LogP contribution in [0.25, 0.3) is 5.57 Å². The van der Waals surface area contributed by atoms with E-state index in [2.05, 4.69) is 0 Å². The van der Waals surface area contributed by atoms with Crippen molar-refractivity contribution in [1.29, 1.82) is 0 Å². The van der Waals surface area contributed by atoms with Crippen molar-refractivity contribution >= 4 is 11.5 Å². The molecular formula is C19H20CsNO3. The first-order chi connectivity index (χ1) is 11.1. The Hall–Kier alpha value is -0.538. The molecule has 0 atom stereocenters. The molecule has 0 N–H and O–H groups in total. The van der Waals surface area contributed by atoms with Crippen molar-refractivity contribution in [2.24, 2.45) is 0 Å². The molecule has 0 saturated carbocycles. The van der Waals surface area contributed by atoms with Crippen molar-refractivity contribution in [3.8, 4) is 5.75 Å². The summed E-state index contributed by atoms with van der Waals surface area (Å²) in [5.41, 5.74) is 2.25. The van der Waals surface area contributed by atoms with E-state index in [-0.39, 0.29) is 68.9 Å². The molecule has 0 aromatic heterocycles. The third kappa shape index (κ3) is 7.15. The molecule has 0 aliphatic carbocycles. The van der Waals surface area contributed by atoms with Gasteiger partial charge in [-0.3, -0.25) is 0 Å². The van der Waals surface area contributed by atoms with Crippen LogP contribution < -0.4 is 78.7 Å². The Morgan fingerprint density at radius 3 is 2.17 bits per heavy atom. The van der Waals surface area contributed by atoms with E-state index in [4.69, 9.17) is 4.74 Å². The fourth-order valence-corrected chi connectivity index (χ4v) is 2.15. The molecule has 0 fully saturated rings. The van der Waals surface area contributed by atoms with Crippen molar-refractivity contribution in [3.63, 3.8) is 0 Å². The predicted molar refractivity (Wildman–Crippen MR) is 89.0 cm³/mol. The Morgan fingerprint density at radius 1 is 1.04 bits per heavy atom. The molecule has 0 radical (unpaired) electrons. The standard InChI is InChI=1S/C19H21NO3.Cs/c1-20(2)12-13-23-17-10-8-16(9-11-17)18(14-19(21)22)15-6-4-3-5-7-15;/h3-11,14H,12-13H2,1-2H3,(H,21,22);/q;+1/p-1/b18-14+;. The molecule has 0 aliphatic heterocycles. The van der Waals surface area contributed by atoms with Crippen LogP contribution >= 0.6 is 0 Å². The van der Waals surface area contributed by atoms with Gasteiger partial charge in [0.05, 0.1) is 5.97 Å². The Kier molecular flexibility index (Phi) is 9.99. The number of carbonyl (C=O) groups is 1. The number of carboxylic acid groups (broad SMARTS) is 1. The van der Waals surface area contributed by atoms with Gasteiger partial charge >= 0.3 is 68.9 Å². The number of nitrogens with zero attached hydrogens (tertiary/aromatic N) is 1. The van der Waals surface area contributed by atoms with E-state index in [0.29, 0.717) is 12.2 Å². The summed E-state index contributed by atoms with van der Waals surface area (Å²) in [6.45, 7) is 1.44.